The van der Waals surface area contributed by atoms with E-state index in [0.717, 1.165) is 0 Å². The third kappa shape index (κ3) is 6.46. The lowest BCUT2D eigenvalue weighted by Crippen LogP contribution is -2.35. The molecule has 0 saturated heterocycles. The summed E-state index contributed by atoms with van der Waals surface area (Å²) in [6, 6.07) is 4.78. The minimum atomic E-state index is -0.543. The normalized spacial score (nSPS) is 12.3. The van der Waals surface area contributed by atoms with E-state index in [1.54, 1.807) is 18.2 Å². The molecule has 0 aliphatic rings. The number of carbonyl (C=O) groups is 1. The third-order valence-corrected chi connectivity index (χ3v) is 3.06. The van der Waals surface area contributed by atoms with E-state index in [-0.39, 0.29) is 19.1 Å². The zero-order valence-corrected chi connectivity index (χ0v) is 13.0. The summed E-state index contributed by atoms with van der Waals surface area (Å²) in [4.78, 5) is 11.6. The second kappa shape index (κ2) is 8.35. The summed E-state index contributed by atoms with van der Waals surface area (Å²) < 4.78 is 5.28. The Balaban J connectivity index is 2.33. The van der Waals surface area contributed by atoms with Crippen molar-refractivity contribution in [3.8, 4) is 5.75 Å². The molecule has 0 aliphatic carbocycles. The molecule has 1 unspecified atom stereocenters. The van der Waals surface area contributed by atoms with Gasteiger partial charge in [-0.25, -0.2) is 0 Å². The Kier molecular flexibility index (Phi) is 7.13. The number of nitrogens with one attached hydrogen (secondary N) is 1. The van der Waals surface area contributed by atoms with Crippen molar-refractivity contribution in [2.75, 3.05) is 13.2 Å². The number of carbonyl (C=O) groups excluding carboxylic acids is 1. The molecule has 2 N–H and O–H groups in total. The summed E-state index contributed by atoms with van der Waals surface area (Å²) in [6.07, 6.45) is 0.0996. The predicted molar refractivity (Wildman–Crippen MR) is 80.4 cm³/mol. The number of amides is 1. The van der Waals surface area contributed by atoms with Crippen LogP contribution in [0, 0.1) is 5.92 Å². The molecular weight excluding hydrogens is 301 g/mol. The van der Waals surface area contributed by atoms with Crippen molar-refractivity contribution in [3.05, 3.63) is 28.2 Å². The molecular formula is C14H19Cl2NO3. The van der Waals surface area contributed by atoms with Crippen molar-refractivity contribution in [2.45, 2.75) is 26.4 Å². The van der Waals surface area contributed by atoms with Crippen molar-refractivity contribution in [3.63, 3.8) is 0 Å². The molecule has 1 amide bonds. The van der Waals surface area contributed by atoms with E-state index in [4.69, 9.17) is 27.9 Å². The maximum atomic E-state index is 11.6. The number of halogens is 2. The lowest BCUT2D eigenvalue weighted by atomic mass is 10.1. The molecule has 0 aliphatic heterocycles. The third-order valence-electron chi connectivity index (χ3n) is 2.53. The predicted octanol–water partition coefficient (Wildman–Crippen LogP) is 2.90. The molecule has 0 aromatic heterocycles. The summed E-state index contributed by atoms with van der Waals surface area (Å²) in [5.74, 6) is 0.471. The Bertz CT molecular complexity index is 452. The first-order valence-electron chi connectivity index (χ1n) is 6.41. The highest BCUT2D eigenvalue weighted by molar-refractivity contribution is 6.35. The minimum Gasteiger partial charge on any atom is -0.482 e. The van der Waals surface area contributed by atoms with E-state index in [0.29, 0.717) is 28.1 Å². The highest BCUT2D eigenvalue weighted by Crippen LogP contribution is 2.27. The van der Waals surface area contributed by atoms with Crippen LogP contribution >= 0.6 is 23.2 Å². The fraction of sp³-hybridized carbons (Fsp3) is 0.500. The highest BCUT2D eigenvalue weighted by atomic mass is 35.5. The molecule has 0 bridgehead atoms. The lowest BCUT2D eigenvalue weighted by Gasteiger charge is -2.14. The fourth-order valence-electron chi connectivity index (χ4n) is 1.65. The Hall–Kier alpha value is -0.970. The van der Waals surface area contributed by atoms with Crippen molar-refractivity contribution < 1.29 is 14.6 Å². The maximum absolute atomic E-state index is 11.6. The summed E-state index contributed by atoms with van der Waals surface area (Å²) >= 11 is 11.7. The Morgan fingerprint density at radius 1 is 1.40 bits per heavy atom. The number of hydrogen-bond acceptors (Lipinski definition) is 3. The smallest absolute Gasteiger partial charge is 0.258 e. The minimum absolute atomic E-state index is 0.157. The van der Waals surface area contributed by atoms with Gasteiger partial charge in [-0.1, -0.05) is 37.0 Å². The van der Waals surface area contributed by atoms with Crippen LogP contribution < -0.4 is 10.1 Å². The molecule has 1 atom stereocenters. The first-order chi connectivity index (χ1) is 9.38. The van der Waals surface area contributed by atoms with Crippen LogP contribution in [-0.4, -0.2) is 30.3 Å². The summed E-state index contributed by atoms with van der Waals surface area (Å²) in [5, 5.41) is 13.1. The van der Waals surface area contributed by atoms with E-state index in [1.807, 2.05) is 13.8 Å². The quantitative estimate of drug-likeness (QED) is 0.812. The summed E-state index contributed by atoms with van der Waals surface area (Å²) in [5.41, 5.74) is 0. The van der Waals surface area contributed by atoms with E-state index < -0.39 is 6.10 Å². The van der Waals surface area contributed by atoms with Crippen LogP contribution in [0.15, 0.2) is 18.2 Å². The Labute approximate surface area is 129 Å². The zero-order valence-electron chi connectivity index (χ0n) is 11.5. The van der Waals surface area contributed by atoms with Gasteiger partial charge in [0.15, 0.2) is 6.61 Å². The number of hydrogen-bond donors (Lipinski definition) is 2. The second-order valence-corrected chi connectivity index (χ2v) is 5.79. The fourth-order valence-corrected chi connectivity index (χ4v) is 2.11. The van der Waals surface area contributed by atoms with Crippen LogP contribution in [0.5, 0.6) is 5.75 Å². The van der Waals surface area contributed by atoms with Gasteiger partial charge in [0.05, 0.1) is 11.1 Å². The van der Waals surface area contributed by atoms with Gasteiger partial charge in [0.2, 0.25) is 0 Å². The van der Waals surface area contributed by atoms with Crippen molar-refractivity contribution in [1.82, 2.24) is 5.32 Å². The lowest BCUT2D eigenvalue weighted by molar-refractivity contribution is -0.123. The van der Waals surface area contributed by atoms with Gasteiger partial charge in [-0.3, -0.25) is 4.79 Å². The molecule has 6 heteroatoms. The monoisotopic (exact) mass is 319 g/mol. The number of benzene rings is 1. The maximum Gasteiger partial charge on any atom is 0.258 e. The van der Waals surface area contributed by atoms with Gasteiger partial charge in [0.25, 0.3) is 5.91 Å². The molecule has 1 rings (SSSR count). The van der Waals surface area contributed by atoms with Gasteiger partial charge in [0.1, 0.15) is 5.75 Å². The van der Waals surface area contributed by atoms with Gasteiger partial charge in [0, 0.05) is 11.6 Å². The highest BCUT2D eigenvalue weighted by Gasteiger charge is 2.10. The van der Waals surface area contributed by atoms with Crippen molar-refractivity contribution >= 4 is 29.1 Å². The molecule has 0 heterocycles. The SMILES string of the molecule is CC(C)CC(O)CNC(=O)COc1ccc(Cl)cc1Cl. The van der Waals surface area contributed by atoms with Gasteiger partial charge in [-0.2, -0.15) is 0 Å². The summed E-state index contributed by atoms with van der Waals surface area (Å²) in [6.45, 7) is 4.08. The standard InChI is InChI=1S/C14H19Cl2NO3/c1-9(2)5-11(18)7-17-14(19)8-20-13-4-3-10(15)6-12(13)16/h3-4,6,9,11,18H,5,7-8H2,1-2H3,(H,17,19). The molecule has 0 radical (unpaired) electrons. The average molecular weight is 320 g/mol. The van der Waals surface area contributed by atoms with Crippen LogP contribution in [0.25, 0.3) is 0 Å². The van der Waals surface area contributed by atoms with E-state index >= 15 is 0 Å². The molecule has 1 aromatic rings. The first kappa shape index (κ1) is 17.1. The van der Waals surface area contributed by atoms with Crippen LogP contribution in [0.2, 0.25) is 10.0 Å². The van der Waals surface area contributed by atoms with Crippen molar-refractivity contribution in [1.29, 1.82) is 0 Å². The van der Waals surface area contributed by atoms with Gasteiger partial charge in [-0.15, -0.1) is 0 Å². The van der Waals surface area contributed by atoms with Gasteiger partial charge >= 0.3 is 0 Å². The van der Waals surface area contributed by atoms with E-state index in [1.165, 1.54) is 0 Å². The summed E-state index contributed by atoms with van der Waals surface area (Å²) in [7, 11) is 0. The largest absolute Gasteiger partial charge is 0.482 e. The number of ether oxygens (including phenoxy) is 1. The van der Waals surface area contributed by atoms with Crippen LogP contribution in [-0.2, 0) is 4.79 Å². The van der Waals surface area contributed by atoms with Gasteiger partial charge < -0.3 is 15.2 Å². The number of rotatable bonds is 7. The average Bonchev–Trinajstić information content (AvgIpc) is 2.34. The Morgan fingerprint density at radius 2 is 2.10 bits per heavy atom. The van der Waals surface area contributed by atoms with Crippen LogP contribution in [0.3, 0.4) is 0 Å². The van der Waals surface area contributed by atoms with Gasteiger partial charge in [-0.05, 0) is 30.5 Å². The molecule has 0 spiro atoms. The molecule has 0 fully saturated rings. The Morgan fingerprint density at radius 3 is 2.70 bits per heavy atom. The molecule has 1 aromatic carbocycles. The van der Waals surface area contributed by atoms with Crippen LogP contribution in [0.1, 0.15) is 20.3 Å². The van der Waals surface area contributed by atoms with E-state index in [2.05, 4.69) is 5.32 Å². The molecule has 4 nitrogen and oxygen atoms in total. The van der Waals surface area contributed by atoms with Crippen molar-refractivity contribution in [2.24, 2.45) is 5.92 Å². The van der Waals surface area contributed by atoms with E-state index in [9.17, 15) is 9.90 Å². The first-order valence-corrected chi connectivity index (χ1v) is 7.16. The number of aliphatic hydroxyl groups is 1. The second-order valence-electron chi connectivity index (χ2n) is 4.95. The topological polar surface area (TPSA) is 58.6 Å². The molecule has 112 valence electrons. The molecule has 0 saturated carbocycles. The zero-order chi connectivity index (χ0) is 15.1. The number of aliphatic hydroxyl groups excluding tert-OH is 1. The van der Waals surface area contributed by atoms with Crippen LogP contribution in [0.4, 0.5) is 0 Å². The molecule has 20 heavy (non-hydrogen) atoms.